The van der Waals surface area contributed by atoms with Crippen molar-refractivity contribution in [2.24, 2.45) is 0 Å². The van der Waals surface area contributed by atoms with E-state index in [1.54, 1.807) is 0 Å². The largest absolute Gasteiger partial charge is 0.391 e. The van der Waals surface area contributed by atoms with Crippen LogP contribution in [0, 0.1) is 24.7 Å². The Balaban J connectivity index is 1.93. The maximum absolute atomic E-state index is 5.46. The summed E-state index contributed by atoms with van der Waals surface area (Å²) in [5, 5.41) is 1.25. The Hall–Kier alpha value is -3.40. The lowest BCUT2D eigenvalue weighted by Crippen LogP contribution is -2.59. The van der Waals surface area contributed by atoms with Crippen molar-refractivity contribution < 1.29 is 0 Å². The number of anilines is 2. The summed E-state index contributed by atoms with van der Waals surface area (Å²) in [6.07, 6.45) is 10.9. The minimum atomic E-state index is -2.27. The first-order valence-electron chi connectivity index (χ1n) is 8.38. The smallest absolute Gasteiger partial charge is 0.289 e. The molecule has 0 saturated heterocycles. The van der Waals surface area contributed by atoms with Gasteiger partial charge in [0.2, 0.25) is 0 Å². The molecule has 3 rings (SSSR count). The molecule has 2 nitrogen and oxygen atoms in total. The summed E-state index contributed by atoms with van der Waals surface area (Å²) < 4.78 is 0. The van der Waals surface area contributed by atoms with Gasteiger partial charge in [-0.3, -0.25) is 0 Å². The second kappa shape index (κ2) is 7.65. The molecule has 0 atom stereocenters. The number of hydrogen-bond acceptors (Lipinski definition) is 2. The molecule has 0 aliphatic carbocycles. The summed E-state index contributed by atoms with van der Waals surface area (Å²) in [6, 6.07) is 26.3. The van der Waals surface area contributed by atoms with Gasteiger partial charge in [0.05, 0.1) is 0 Å². The second-order valence-corrected chi connectivity index (χ2v) is 9.51. The number of nitrogens with one attached hydrogen (secondary N) is 2. The zero-order valence-electron chi connectivity index (χ0n) is 14.7. The van der Waals surface area contributed by atoms with Crippen LogP contribution in [0.4, 0.5) is 11.4 Å². The lowest BCUT2D eigenvalue weighted by Gasteiger charge is -2.31. The number of benzene rings is 3. The third-order valence-electron chi connectivity index (χ3n) is 4.24. The fourth-order valence-corrected chi connectivity index (χ4v) is 5.52. The second-order valence-electron chi connectivity index (χ2n) is 6.18. The molecule has 2 N–H and O–H groups in total. The standard InChI is InChI=1S/C23H20N2Si/c1-4-19-11-15-21(16-12-19)24-26(3,23-9-7-6-8-10-23)25-22-17-13-20(5-2)14-18-22/h1-2,6-18,24-25H,3H3. The molecule has 0 heterocycles. The van der Waals surface area contributed by atoms with E-state index in [2.05, 4.69) is 52.6 Å². The third-order valence-corrected chi connectivity index (χ3v) is 7.31. The van der Waals surface area contributed by atoms with E-state index in [0.29, 0.717) is 0 Å². The van der Waals surface area contributed by atoms with Gasteiger partial charge >= 0.3 is 0 Å². The topological polar surface area (TPSA) is 24.1 Å². The molecule has 3 aromatic rings. The molecule has 26 heavy (non-hydrogen) atoms. The Morgan fingerprint density at radius 1 is 0.654 bits per heavy atom. The van der Waals surface area contributed by atoms with Crippen molar-refractivity contribution in [3.05, 3.63) is 90.0 Å². The van der Waals surface area contributed by atoms with Gasteiger partial charge in [0.25, 0.3) is 8.40 Å². The zero-order valence-corrected chi connectivity index (χ0v) is 15.7. The monoisotopic (exact) mass is 352 g/mol. The summed E-state index contributed by atoms with van der Waals surface area (Å²) in [5.41, 5.74) is 3.82. The van der Waals surface area contributed by atoms with Gasteiger partial charge in [0, 0.05) is 22.5 Å². The predicted molar refractivity (Wildman–Crippen MR) is 114 cm³/mol. The number of terminal acetylenes is 2. The minimum Gasteiger partial charge on any atom is -0.391 e. The molecule has 0 fully saturated rings. The lowest BCUT2D eigenvalue weighted by atomic mass is 10.2. The quantitative estimate of drug-likeness (QED) is 0.532. The summed E-state index contributed by atoms with van der Waals surface area (Å²) in [7, 11) is -2.27. The molecule has 0 bridgehead atoms. The first-order valence-corrected chi connectivity index (χ1v) is 10.9. The van der Waals surface area contributed by atoms with E-state index in [1.165, 1.54) is 5.19 Å². The van der Waals surface area contributed by atoms with Gasteiger partial charge < -0.3 is 9.96 Å². The Bertz CT molecular complexity index is 887. The van der Waals surface area contributed by atoms with Crippen LogP contribution in [0.2, 0.25) is 6.55 Å². The van der Waals surface area contributed by atoms with Crippen LogP contribution in [0.3, 0.4) is 0 Å². The molecule has 0 saturated carbocycles. The molecule has 3 heteroatoms. The van der Waals surface area contributed by atoms with E-state index in [4.69, 9.17) is 12.8 Å². The van der Waals surface area contributed by atoms with Crippen LogP contribution in [0.15, 0.2) is 78.9 Å². The van der Waals surface area contributed by atoms with Crippen LogP contribution in [0.25, 0.3) is 0 Å². The normalized spacial score (nSPS) is 10.4. The van der Waals surface area contributed by atoms with Gasteiger partial charge in [-0.05, 0) is 60.3 Å². The van der Waals surface area contributed by atoms with E-state index in [-0.39, 0.29) is 0 Å². The highest BCUT2D eigenvalue weighted by atomic mass is 28.3. The Labute approximate surface area is 156 Å². The average Bonchev–Trinajstić information content (AvgIpc) is 2.70. The summed E-state index contributed by atoms with van der Waals surface area (Å²) in [5.74, 6) is 5.30. The Morgan fingerprint density at radius 3 is 1.46 bits per heavy atom. The van der Waals surface area contributed by atoms with E-state index >= 15 is 0 Å². The third kappa shape index (κ3) is 3.98. The lowest BCUT2D eigenvalue weighted by molar-refractivity contribution is 1.52. The van der Waals surface area contributed by atoms with E-state index in [9.17, 15) is 0 Å². The van der Waals surface area contributed by atoms with Crippen LogP contribution >= 0.6 is 0 Å². The summed E-state index contributed by atoms with van der Waals surface area (Å²) in [4.78, 5) is 7.44. The van der Waals surface area contributed by atoms with Crippen LogP contribution in [-0.2, 0) is 0 Å². The maximum atomic E-state index is 5.46. The molecule has 0 amide bonds. The van der Waals surface area contributed by atoms with Gasteiger partial charge in [0.15, 0.2) is 0 Å². The fraction of sp³-hybridized carbons (Fsp3) is 0.0435. The van der Waals surface area contributed by atoms with Crippen molar-refractivity contribution in [2.75, 3.05) is 9.96 Å². The molecule has 3 aromatic carbocycles. The number of hydrogen-bond donors (Lipinski definition) is 2. The van der Waals surface area contributed by atoms with Gasteiger partial charge in [-0.2, -0.15) is 0 Å². The van der Waals surface area contributed by atoms with Crippen molar-refractivity contribution >= 4 is 25.0 Å². The highest BCUT2D eigenvalue weighted by molar-refractivity contribution is 6.95. The van der Waals surface area contributed by atoms with Crippen molar-refractivity contribution in [2.45, 2.75) is 6.55 Å². The molecular weight excluding hydrogens is 332 g/mol. The summed E-state index contributed by atoms with van der Waals surface area (Å²) in [6.45, 7) is 2.24. The maximum Gasteiger partial charge on any atom is 0.289 e. The molecule has 0 aliphatic rings. The SMILES string of the molecule is C#Cc1ccc(N[Si](C)(Nc2ccc(C#C)cc2)c2ccccc2)cc1. The van der Waals surface area contributed by atoms with Gasteiger partial charge in [0.1, 0.15) is 0 Å². The first kappa shape index (κ1) is 17.4. The van der Waals surface area contributed by atoms with Gasteiger partial charge in [-0.15, -0.1) is 12.8 Å². The fourth-order valence-electron chi connectivity index (χ4n) is 2.82. The zero-order chi connectivity index (χ0) is 18.4. The first-order chi connectivity index (χ1) is 12.6. The molecule has 0 aromatic heterocycles. The Morgan fingerprint density at radius 2 is 1.08 bits per heavy atom. The molecule has 0 radical (unpaired) electrons. The van der Waals surface area contributed by atoms with E-state index in [1.807, 2.05) is 54.6 Å². The van der Waals surface area contributed by atoms with Gasteiger partial charge in [-0.25, -0.2) is 0 Å². The van der Waals surface area contributed by atoms with Crippen molar-refractivity contribution in [1.29, 1.82) is 0 Å². The highest BCUT2D eigenvalue weighted by Gasteiger charge is 2.31. The van der Waals surface area contributed by atoms with Crippen LogP contribution in [0.5, 0.6) is 0 Å². The molecule has 0 aliphatic heterocycles. The Kier molecular flexibility index (Phi) is 5.13. The number of rotatable bonds is 5. The van der Waals surface area contributed by atoms with Crippen LogP contribution in [-0.4, -0.2) is 8.40 Å². The van der Waals surface area contributed by atoms with E-state index < -0.39 is 8.40 Å². The molecule has 0 spiro atoms. The van der Waals surface area contributed by atoms with Crippen LogP contribution < -0.4 is 15.2 Å². The van der Waals surface area contributed by atoms with Crippen molar-refractivity contribution in [1.82, 2.24) is 0 Å². The van der Waals surface area contributed by atoms with Crippen molar-refractivity contribution in [3.63, 3.8) is 0 Å². The van der Waals surface area contributed by atoms with Crippen LogP contribution in [0.1, 0.15) is 11.1 Å². The molecule has 126 valence electrons. The molecular formula is C23H20N2Si. The van der Waals surface area contributed by atoms with E-state index in [0.717, 1.165) is 22.5 Å². The highest BCUT2D eigenvalue weighted by Crippen LogP contribution is 2.18. The van der Waals surface area contributed by atoms with Crippen molar-refractivity contribution in [3.8, 4) is 24.7 Å². The molecule has 0 unspecified atom stereocenters. The average molecular weight is 353 g/mol. The van der Waals surface area contributed by atoms with Gasteiger partial charge in [-0.1, -0.05) is 42.2 Å². The predicted octanol–water partition coefficient (Wildman–Crippen LogP) is 4.15. The summed E-state index contributed by atoms with van der Waals surface area (Å²) >= 11 is 0. The minimum absolute atomic E-state index is 0.872.